The molecule has 0 spiro atoms. The second kappa shape index (κ2) is 9.16. The summed E-state index contributed by atoms with van der Waals surface area (Å²) in [6.45, 7) is 0.984. The number of carboxylic acid groups (broad SMARTS) is 1. The van der Waals surface area contributed by atoms with Gasteiger partial charge < -0.3 is 20.3 Å². The number of carbonyl (C=O) groups is 3. The van der Waals surface area contributed by atoms with Gasteiger partial charge in [0.15, 0.2) is 6.10 Å². The number of hydrogen-bond acceptors (Lipinski definition) is 6. The van der Waals surface area contributed by atoms with E-state index >= 15 is 0 Å². The SMILES string of the molecule is CC(=O)N(CC(=O)O)c1ccccc1OCC1CN(c2cccc(C(=N)N)c2)C(=O)O1. The molecule has 0 bridgehead atoms. The van der Waals surface area contributed by atoms with Crippen molar-refractivity contribution in [3.8, 4) is 5.75 Å². The molecule has 10 nitrogen and oxygen atoms in total. The Morgan fingerprint density at radius 1 is 1.29 bits per heavy atom. The Labute approximate surface area is 178 Å². The molecule has 1 fully saturated rings. The summed E-state index contributed by atoms with van der Waals surface area (Å²) in [7, 11) is 0. The van der Waals surface area contributed by atoms with Crippen LogP contribution in [0, 0.1) is 5.41 Å². The lowest BCUT2D eigenvalue weighted by molar-refractivity contribution is -0.136. The Hall–Kier alpha value is -4.08. The fourth-order valence-corrected chi connectivity index (χ4v) is 3.15. The van der Waals surface area contributed by atoms with Gasteiger partial charge in [0.2, 0.25) is 5.91 Å². The topological polar surface area (TPSA) is 146 Å². The monoisotopic (exact) mass is 426 g/mol. The number of para-hydroxylation sites is 2. The third-order valence-corrected chi connectivity index (χ3v) is 4.60. The van der Waals surface area contributed by atoms with Crippen molar-refractivity contribution < 1.29 is 29.0 Å². The van der Waals surface area contributed by atoms with Crippen LogP contribution in [-0.4, -0.2) is 54.7 Å². The van der Waals surface area contributed by atoms with E-state index in [1.165, 1.54) is 11.8 Å². The number of nitrogens with two attached hydrogens (primary N) is 1. The Balaban J connectivity index is 1.71. The molecule has 1 unspecified atom stereocenters. The molecular weight excluding hydrogens is 404 g/mol. The Bertz CT molecular complexity index is 1020. The summed E-state index contributed by atoms with van der Waals surface area (Å²) in [5, 5.41) is 16.6. The lowest BCUT2D eigenvalue weighted by Crippen LogP contribution is -2.34. The number of amides is 2. The first-order chi connectivity index (χ1) is 14.8. The molecule has 2 amide bonds. The summed E-state index contributed by atoms with van der Waals surface area (Å²) < 4.78 is 11.1. The smallest absolute Gasteiger partial charge is 0.414 e. The molecule has 31 heavy (non-hydrogen) atoms. The average Bonchev–Trinajstić information content (AvgIpc) is 3.11. The van der Waals surface area contributed by atoms with Crippen molar-refractivity contribution in [3.63, 3.8) is 0 Å². The molecule has 3 rings (SSSR count). The van der Waals surface area contributed by atoms with E-state index in [1.807, 2.05) is 0 Å². The zero-order valence-corrected chi connectivity index (χ0v) is 16.8. The molecule has 0 saturated carbocycles. The number of rotatable bonds is 8. The summed E-state index contributed by atoms with van der Waals surface area (Å²) in [6, 6.07) is 13.2. The van der Waals surface area contributed by atoms with Crippen LogP contribution in [0.2, 0.25) is 0 Å². The highest BCUT2D eigenvalue weighted by atomic mass is 16.6. The maximum Gasteiger partial charge on any atom is 0.414 e. The molecule has 2 aromatic carbocycles. The van der Waals surface area contributed by atoms with Crippen molar-refractivity contribution in [3.05, 3.63) is 54.1 Å². The van der Waals surface area contributed by atoms with Crippen LogP contribution in [-0.2, 0) is 14.3 Å². The minimum atomic E-state index is -1.15. The average molecular weight is 426 g/mol. The predicted octanol–water partition coefficient (Wildman–Crippen LogP) is 1.81. The van der Waals surface area contributed by atoms with Crippen LogP contribution >= 0.6 is 0 Å². The zero-order chi connectivity index (χ0) is 22.5. The van der Waals surface area contributed by atoms with E-state index < -0.39 is 30.6 Å². The van der Waals surface area contributed by atoms with Gasteiger partial charge in [-0.25, -0.2) is 4.79 Å². The lowest BCUT2D eigenvalue weighted by atomic mass is 10.1. The van der Waals surface area contributed by atoms with E-state index in [-0.39, 0.29) is 19.0 Å². The molecule has 1 aliphatic heterocycles. The normalized spacial score (nSPS) is 15.3. The standard InChI is InChI=1S/C21H22N4O6/c1-13(26)24(11-19(27)28)17-7-2-3-8-18(17)30-12-16-10-25(21(29)31-16)15-6-4-5-14(9-15)20(22)23/h2-9,16H,10-12H2,1H3,(H3,22,23)(H,27,28). The summed E-state index contributed by atoms with van der Waals surface area (Å²) in [6.07, 6.45) is -1.15. The number of nitrogens with zero attached hydrogens (tertiary/aromatic N) is 2. The Morgan fingerprint density at radius 2 is 2.03 bits per heavy atom. The maximum atomic E-state index is 12.3. The maximum absolute atomic E-state index is 12.3. The van der Waals surface area contributed by atoms with Crippen LogP contribution in [0.25, 0.3) is 0 Å². The van der Waals surface area contributed by atoms with Crippen LogP contribution in [0.4, 0.5) is 16.2 Å². The van der Waals surface area contributed by atoms with E-state index in [0.717, 1.165) is 4.90 Å². The lowest BCUT2D eigenvalue weighted by Gasteiger charge is -2.22. The fourth-order valence-electron chi connectivity index (χ4n) is 3.15. The molecule has 10 heteroatoms. The van der Waals surface area contributed by atoms with E-state index in [2.05, 4.69) is 0 Å². The molecule has 0 aromatic heterocycles. The van der Waals surface area contributed by atoms with E-state index in [4.69, 9.17) is 25.7 Å². The predicted molar refractivity (Wildman–Crippen MR) is 113 cm³/mol. The highest BCUT2D eigenvalue weighted by Gasteiger charge is 2.33. The highest BCUT2D eigenvalue weighted by molar-refractivity contribution is 5.98. The largest absolute Gasteiger partial charge is 0.487 e. The molecule has 1 saturated heterocycles. The molecule has 0 aliphatic carbocycles. The first-order valence-corrected chi connectivity index (χ1v) is 9.40. The first kappa shape index (κ1) is 21.6. The number of benzene rings is 2. The minimum Gasteiger partial charge on any atom is -0.487 e. The minimum absolute atomic E-state index is 0.00443. The number of carbonyl (C=O) groups excluding carboxylic acids is 2. The molecular formula is C21H22N4O6. The Kier molecular flexibility index (Phi) is 6.39. The van der Waals surface area contributed by atoms with Crippen molar-refractivity contribution in [2.45, 2.75) is 13.0 Å². The van der Waals surface area contributed by atoms with Crippen LogP contribution in [0.15, 0.2) is 48.5 Å². The molecule has 4 N–H and O–H groups in total. The van der Waals surface area contributed by atoms with Crippen LogP contribution < -0.4 is 20.3 Å². The van der Waals surface area contributed by atoms with Crippen LogP contribution in [0.5, 0.6) is 5.75 Å². The summed E-state index contributed by atoms with van der Waals surface area (Å²) in [4.78, 5) is 37.9. The molecule has 1 heterocycles. The molecule has 1 aliphatic rings. The zero-order valence-electron chi connectivity index (χ0n) is 16.8. The van der Waals surface area contributed by atoms with E-state index in [9.17, 15) is 14.4 Å². The highest BCUT2D eigenvalue weighted by Crippen LogP contribution is 2.29. The molecule has 162 valence electrons. The number of amidine groups is 1. The summed E-state index contributed by atoms with van der Waals surface area (Å²) in [5.74, 6) is -1.41. The number of anilines is 2. The van der Waals surface area contributed by atoms with Crippen molar-refractivity contribution in [2.24, 2.45) is 5.73 Å². The van der Waals surface area contributed by atoms with E-state index in [1.54, 1.807) is 48.5 Å². The summed E-state index contributed by atoms with van der Waals surface area (Å²) in [5.41, 5.74) is 6.86. The van der Waals surface area contributed by atoms with Gasteiger partial charge in [-0.05, 0) is 24.3 Å². The molecule has 1 atom stereocenters. The van der Waals surface area contributed by atoms with Gasteiger partial charge in [-0.1, -0.05) is 24.3 Å². The second-order valence-corrected chi connectivity index (χ2v) is 6.86. The van der Waals surface area contributed by atoms with Gasteiger partial charge in [0, 0.05) is 18.2 Å². The number of nitrogens with one attached hydrogen (secondary N) is 1. The van der Waals surface area contributed by atoms with Gasteiger partial charge >= 0.3 is 12.1 Å². The first-order valence-electron chi connectivity index (χ1n) is 9.40. The summed E-state index contributed by atoms with van der Waals surface area (Å²) >= 11 is 0. The van der Waals surface area contributed by atoms with Gasteiger partial charge in [0.1, 0.15) is 24.7 Å². The number of ether oxygens (including phenoxy) is 2. The van der Waals surface area contributed by atoms with Gasteiger partial charge in [0.05, 0.1) is 12.2 Å². The van der Waals surface area contributed by atoms with Crippen molar-refractivity contribution >= 4 is 35.2 Å². The number of cyclic esters (lactones) is 1. The third kappa shape index (κ3) is 5.10. The number of aliphatic carboxylic acids is 1. The van der Waals surface area contributed by atoms with Gasteiger partial charge in [-0.3, -0.25) is 24.8 Å². The molecule has 2 aromatic rings. The van der Waals surface area contributed by atoms with Gasteiger partial charge in [0.25, 0.3) is 0 Å². The van der Waals surface area contributed by atoms with Crippen LogP contribution in [0.1, 0.15) is 12.5 Å². The molecule has 0 radical (unpaired) electrons. The quantitative estimate of drug-likeness (QED) is 0.431. The third-order valence-electron chi connectivity index (χ3n) is 4.60. The van der Waals surface area contributed by atoms with Crippen molar-refractivity contribution in [2.75, 3.05) is 29.5 Å². The van der Waals surface area contributed by atoms with E-state index in [0.29, 0.717) is 22.7 Å². The number of carboxylic acids is 1. The van der Waals surface area contributed by atoms with Gasteiger partial charge in [-0.15, -0.1) is 0 Å². The van der Waals surface area contributed by atoms with Crippen LogP contribution in [0.3, 0.4) is 0 Å². The number of hydrogen-bond donors (Lipinski definition) is 3. The fraction of sp³-hybridized carbons (Fsp3) is 0.238. The van der Waals surface area contributed by atoms with Crippen molar-refractivity contribution in [1.82, 2.24) is 0 Å². The Morgan fingerprint density at radius 3 is 2.71 bits per heavy atom. The van der Waals surface area contributed by atoms with Gasteiger partial charge in [-0.2, -0.15) is 0 Å². The second-order valence-electron chi connectivity index (χ2n) is 6.86. The van der Waals surface area contributed by atoms with Crippen molar-refractivity contribution in [1.29, 1.82) is 5.41 Å². The number of nitrogen functional groups attached to an aromatic ring is 1.